The van der Waals surface area contributed by atoms with Gasteiger partial charge < -0.3 is 20.2 Å². The van der Waals surface area contributed by atoms with E-state index >= 15 is 0 Å². The van der Waals surface area contributed by atoms with Crippen LogP contribution >= 0.6 is 0 Å². The first-order valence-electron chi connectivity index (χ1n) is 4.08. The first-order chi connectivity index (χ1) is 5.90. The molecule has 4 nitrogen and oxygen atoms in total. The van der Waals surface area contributed by atoms with Crippen molar-refractivity contribution in [1.29, 1.82) is 0 Å². The number of anilines is 1. The third-order valence-electron chi connectivity index (χ3n) is 1.91. The van der Waals surface area contributed by atoms with Crippen LogP contribution in [0.4, 0.5) is 5.69 Å². The van der Waals surface area contributed by atoms with Gasteiger partial charge in [-0.1, -0.05) is 0 Å². The zero-order valence-corrected chi connectivity index (χ0v) is 6.75. The molecule has 1 aromatic heterocycles. The van der Waals surface area contributed by atoms with Crippen LogP contribution in [0.3, 0.4) is 0 Å². The van der Waals surface area contributed by atoms with Crippen molar-refractivity contribution in [3.8, 4) is 5.95 Å². The molecule has 0 bridgehead atoms. The number of nitrogens with one attached hydrogen (secondary N) is 1. The monoisotopic (exact) mass is 168 g/mol. The molecule has 0 aliphatic carbocycles. The number of hydrogen-bond donors (Lipinski definition) is 2. The summed E-state index contributed by atoms with van der Waals surface area (Å²) in [5.41, 5.74) is 6.35. The number of ether oxygens (including phenoxy) is 1. The molecule has 4 heteroatoms. The van der Waals surface area contributed by atoms with E-state index < -0.39 is 0 Å². The maximum absolute atomic E-state index is 5.50. The van der Waals surface area contributed by atoms with Gasteiger partial charge in [-0.05, 0) is 13.0 Å². The first-order valence-corrected chi connectivity index (χ1v) is 4.08. The van der Waals surface area contributed by atoms with E-state index in [0.29, 0.717) is 12.5 Å². The summed E-state index contributed by atoms with van der Waals surface area (Å²) < 4.78 is 10.6. The van der Waals surface area contributed by atoms with Crippen molar-refractivity contribution in [2.45, 2.75) is 12.5 Å². The fraction of sp³-hybridized carbons (Fsp3) is 0.500. The van der Waals surface area contributed by atoms with Crippen LogP contribution in [0.15, 0.2) is 16.7 Å². The van der Waals surface area contributed by atoms with Crippen molar-refractivity contribution in [3.63, 3.8) is 0 Å². The Bertz CT molecular complexity index is 259. The van der Waals surface area contributed by atoms with Gasteiger partial charge in [-0.2, -0.15) is 0 Å². The van der Waals surface area contributed by atoms with Gasteiger partial charge in [0.2, 0.25) is 0 Å². The predicted octanol–water partition coefficient (Wildman–Crippen LogP) is 0.801. The fourth-order valence-corrected chi connectivity index (χ4v) is 1.28. The molecule has 1 unspecified atom stereocenters. The second kappa shape index (κ2) is 3.06. The molecule has 0 saturated carbocycles. The van der Waals surface area contributed by atoms with Gasteiger partial charge in [0.1, 0.15) is 11.8 Å². The van der Waals surface area contributed by atoms with Gasteiger partial charge in [0.05, 0.1) is 12.8 Å². The largest absolute Gasteiger partial charge is 0.458 e. The molecule has 1 aliphatic heterocycles. The molecule has 0 aromatic carbocycles. The average Bonchev–Trinajstić information content (AvgIpc) is 2.51. The Balaban J connectivity index is 2.05. The van der Waals surface area contributed by atoms with Crippen molar-refractivity contribution < 1.29 is 9.15 Å². The van der Waals surface area contributed by atoms with Crippen LogP contribution < -0.4 is 15.8 Å². The van der Waals surface area contributed by atoms with E-state index in [1.54, 1.807) is 6.26 Å². The molecular weight excluding hydrogens is 156 g/mol. The van der Waals surface area contributed by atoms with Gasteiger partial charge in [0.25, 0.3) is 0 Å². The highest BCUT2D eigenvalue weighted by Gasteiger charge is 2.20. The van der Waals surface area contributed by atoms with Crippen LogP contribution in [-0.2, 0) is 0 Å². The summed E-state index contributed by atoms with van der Waals surface area (Å²) in [6.07, 6.45) is 2.61. The lowest BCUT2D eigenvalue weighted by molar-refractivity contribution is 0.152. The summed E-state index contributed by atoms with van der Waals surface area (Å²) in [5, 5.41) is 3.20. The quantitative estimate of drug-likeness (QED) is 0.685. The summed E-state index contributed by atoms with van der Waals surface area (Å²) in [6, 6.07) is 1.86. The van der Waals surface area contributed by atoms with Crippen molar-refractivity contribution in [3.05, 3.63) is 12.3 Å². The van der Waals surface area contributed by atoms with Crippen LogP contribution in [0.25, 0.3) is 0 Å². The molecular formula is C8H12N2O2. The molecule has 0 spiro atoms. The third-order valence-corrected chi connectivity index (χ3v) is 1.91. The van der Waals surface area contributed by atoms with Gasteiger partial charge in [-0.25, -0.2) is 0 Å². The van der Waals surface area contributed by atoms with Crippen molar-refractivity contribution in [2.24, 2.45) is 5.73 Å². The summed E-state index contributed by atoms with van der Waals surface area (Å²) in [7, 11) is 0. The standard InChI is InChI=1S/C8H12N2O2/c9-3-1-6-5-10-7-2-4-11-8(7)12-6/h2,4,6,10H,1,3,5,9H2. The fourth-order valence-electron chi connectivity index (χ4n) is 1.28. The second-order valence-corrected chi connectivity index (χ2v) is 2.82. The molecule has 12 heavy (non-hydrogen) atoms. The van der Waals surface area contributed by atoms with Gasteiger partial charge in [0.15, 0.2) is 0 Å². The SMILES string of the molecule is NCCC1CNc2ccoc2O1. The summed E-state index contributed by atoms with van der Waals surface area (Å²) in [6.45, 7) is 1.45. The smallest absolute Gasteiger partial charge is 0.309 e. The molecule has 2 heterocycles. The minimum absolute atomic E-state index is 0.147. The molecule has 66 valence electrons. The molecule has 0 saturated heterocycles. The topological polar surface area (TPSA) is 60.4 Å². The highest BCUT2D eigenvalue weighted by atomic mass is 16.6. The lowest BCUT2D eigenvalue weighted by Crippen LogP contribution is -2.32. The average molecular weight is 168 g/mol. The molecule has 1 aromatic rings. The van der Waals surface area contributed by atoms with Crippen LogP contribution in [0.5, 0.6) is 5.95 Å². The predicted molar refractivity (Wildman–Crippen MR) is 45.3 cm³/mol. The zero-order valence-electron chi connectivity index (χ0n) is 6.75. The number of fused-ring (bicyclic) bond motifs is 1. The van der Waals surface area contributed by atoms with E-state index in [9.17, 15) is 0 Å². The Morgan fingerprint density at radius 2 is 2.58 bits per heavy atom. The van der Waals surface area contributed by atoms with Crippen molar-refractivity contribution >= 4 is 5.69 Å². The molecule has 0 fully saturated rings. The summed E-state index contributed by atoms with van der Waals surface area (Å²) in [5.74, 6) is 0.583. The van der Waals surface area contributed by atoms with Crippen LogP contribution in [0, 0.1) is 0 Å². The van der Waals surface area contributed by atoms with E-state index in [2.05, 4.69) is 5.32 Å². The lowest BCUT2D eigenvalue weighted by Gasteiger charge is -2.22. The number of furan rings is 1. The normalized spacial score (nSPS) is 20.9. The van der Waals surface area contributed by atoms with E-state index in [0.717, 1.165) is 18.7 Å². The van der Waals surface area contributed by atoms with E-state index in [1.807, 2.05) is 6.07 Å². The van der Waals surface area contributed by atoms with E-state index in [1.165, 1.54) is 0 Å². The highest BCUT2D eigenvalue weighted by Crippen LogP contribution is 2.30. The molecule has 1 aliphatic rings. The molecule has 3 N–H and O–H groups in total. The van der Waals surface area contributed by atoms with Crippen LogP contribution in [0.1, 0.15) is 6.42 Å². The Kier molecular flexibility index (Phi) is 1.91. The van der Waals surface area contributed by atoms with Gasteiger partial charge >= 0.3 is 5.95 Å². The van der Waals surface area contributed by atoms with E-state index in [-0.39, 0.29) is 6.10 Å². The zero-order chi connectivity index (χ0) is 8.39. The third kappa shape index (κ3) is 1.25. The number of rotatable bonds is 2. The Morgan fingerprint density at radius 1 is 1.67 bits per heavy atom. The highest BCUT2D eigenvalue weighted by molar-refractivity contribution is 5.52. The maximum Gasteiger partial charge on any atom is 0.309 e. The molecule has 0 amide bonds. The Labute approximate surface area is 70.7 Å². The maximum atomic E-state index is 5.50. The minimum Gasteiger partial charge on any atom is -0.458 e. The second-order valence-electron chi connectivity index (χ2n) is 2.82. The van der Waals surface area contributed by atoms with Gasteiger partial charge in [-0.15, -0.1) is 0 Å². The van der Waals surface area contributed by atoms with Crippen LogP contribution in [0.2, 0.25) is 0 Å². The number of nitrogens with two attached hydrogens (primary N) is 1. The molecule has 0 radical (unpaired) electrons. The van der Waals surface area contributed by atoms with Gasteiger partial charge in [-0.3, -0.25) is 0 Å². The molecule has 2 rings (SSSR count). The minimum atomic E-state index is 0.147. The van der Waals surface area contributed by atoms with Crippen molar-refractivity contribution in [2.75, 3.05) is 18.4 Å². The van der Waals surface area contributed by atoms with Crippen LogP contribution in [-0.4, -0.2) is 19.2 Å². The Morgan fingerprint density at radius 3 is 3.42 bits per heavy atom. The summed E-state index contributed by atoms with van der Waals surface area (Å²) in [4.78, 5) is 0. The van der Waals surface area contributed by atoms with Crippen molar-refractivity contribution in [1.82, 2.24) is 0 Å². The number of hydrogen-bond acceptors (Lipinski definition) is 4. The Hall–Kier alpha value is -1.16. The lowest BCUT2D eigenvalue weighted by atomic mass is 10.2. The first kappa shape index (κ1) is 7.49. The van der Waals surface area contributed by atoms with Gasteiger partial charge in [0, 0.05) is 6.07 Å². The molecule has 1 atom stereocenters. The summed E-state index contributed by atoms with van der Waals surface area (Å²) >= 11 is 0. The van der Waals surface area contributed by atoms with E-state index in [4.69, 9.17) is 14.9 Å².